The van der Waals surface area contributed by atoms with E-state index in [9.17, 15) is 4.79 Å². The third-order valence-electron chi connectivity index (χ3n) is 3.36. The Labute approximate surface area is 133 Å². The number of ether oxygens (including phenoxy) is 1. The van der Waals surface area contributed by atoms with E-state index in [1.54, 1.807) is 18.4 Å². The van der Waals surface area contributed by atoms with Crippen molar-refractivity contribution in [2.24, 2.45) is 5.73 Å². The number of benzene rings is 1. The molecule has 1 aromatic carbocycles. The average molecular weight is 324 g/mol. The van der Waals surface area contributed by atoms with Crippen LogP contribution in [0.15, 0.2) is 35.1 Å². The number of nitrogens with two attached hydrogens (primary N) is 1. The van der Waals surface area contributed by atoms with Crippen molar-refractivity contribution in [1.29, 1.82) is 0 Å². The van der Waals surface area contributed by atoms with Gasteiger partial charge < -0.3 is 15.0 Å². The van der Waals surface area contributed by atoms with Gasteiger partial charge in [0.05, 0.1) is 6.04 Å². The highest BCUT2D eigenvalue weighted by molar-refractivity contribution is 6.30. The van der Waals surface area contributed by atoms with Crippen molar-refractivity contribution >= 4 is 17.5 Å². The van der Waals surface area contributed by atoms with Crippen molar-refractivity contribution in [2.75, 3.05) is 13.7 Å². The summed E-state index contributed by atoms with van der Waals surface area (Å²) in [6.07, 6.45) is 1.54. The van der Waals surface area contributed by atoms with Crippen LogP contribution < -0.4 is 10.5 Å². The monoisotopic (exact) mass is 323 g/mol. The second-order valence-electron chi connectivity index (χ2n) is 5.02. The number of halogens is 1. The van der Waals surface area contributed by atoms with E-state index in [0.717, 1.165) is 11.3 Å². The molecular formula is C15H18ClN3O3. The lowest BCUT2D eigenvalue weighted by Crippen LogP contribution is -2.24. The molecule has 1 atom stereocenters. The van der Waals surface area contributed by atoms with Gasteiger partial charge in [-0.2, -0.15) is 0 Å². The summed E-state index contributed by atoms with van der Waals surface area (Å²) in [4.78, 5) is 12.9. The summed E-state index contributed by atoms with van der Waals surface area (Å²) in [6, 6.07) is 7.13. The number of hydrogen-bond acceptors (Lipinski definition) is 5. The van der Waals surface area contributed by atoms with Gasteiger partial charge in [-0.15, -0.1) is 0 Å². The quantitative estimate of drug-likeness (QED) is 0.846. The van der Waals surface area contributed by atoms with Crippen molar-refractivity contribution in [3.05, 3.63) is 46.8 Å². The fourth-order valence-corrected chi connectivity index (χ4v) is 2.22. The summed E-state index contributed by atoms with van der Waals surface area (Å²) in [5, 5.41) is 4.54. The van der Waals surface area contributed by atoms with Crippen molar-refractivity contribution < 1.29 is 14.1 Å². The highest BCUT2D eigenvalue weighted by Crippen LogP contribution is 2.27. The van der Waals surface area contributed by atoms with Crippen LogP contribution in [0.2, 0.25) is 5.02 Å². The third kappa shape index (κ3) is 4.22. The Balaban J connectivity index is 2.13. The van der Waals surface area contributed by atoms with E-state index in [2.05, 4.69) is 10.1 Å². The van der Waals surface area contributed by atoms with E-state index in [-0.39, 0.29) is 12.6 Å². The normalized spacial score (nSPS) is 12.4. The number of amides is 1. The summed E-state index contributed by atoms with van der Waals surface area (Å²) >= 11 is 6.05. The molecule has 2 rings (SSSR count). The third-order valence-corrected chi connectivity index (χ3v) is 3.59. The van der Waals surface area contributed by atoms with Crippen LogP contribution in [0.4, 0.5) is 0 Å². The lowest BCUT2D eigenvalue weighted by molar-refractivity contribution is -0.119. The summed E-state index contributed by atoms with van der Waals surface area (Å²) in [5.41, 5.74) is 6.82. The predicted octanol–water partition coefficient (Wildman–Crippen LogP) is 2.39. The van der Waals surface area contributed by atoms with E-state index in [0.29, 0.717) is 17.3 Å². The maximum Gasteiger partial charge on any atom is 0.255 e. The van der Waals surface area contributed by atoms with Crippen molar-refractivity contribution in [2.45, 2.75) is 19.5 Å². The Hall–Kier alpha value is -2.05. The molecule has 22 heavy (non-hydrogen) atoms. The summed E-state index contributed by atoms with van der Waals surface area (Å²) in [6.45, 7) is 2.42. The van der Waals surface area contributed by atoms with Crippen LogP contribution in [0.5, 0.6) is 5.75 Å². The van der Waals surface area contributed by atoms with Gasteiger partial charge >= 0.3 is 0 Å². The average Bonchev–Trinajstić information content (AvgIpc) is 2.99. The van der Waals surface area contributed by atoms with Crippen LogP contribution >= 0.6 is 11.6 Å². The highest BCUT2D eigenvalue weighted by Gasteiger charge is 2.17. The van der Waals surface area contributed by atoms with Crippen LogP contribution in [-0.2, 0) is 11.3 Å². The van der Waals surface area contributed by atoms with E-state index in [1.165, 1.54) is 0 Å². The molecule has 1 heterocycles. The van der Waals surface area contributed by atoms with Gasteiger partial charge in [0.25, 0.3) is 5.91 Å². The molecule has 1 amide bonds. The minimum atomic E-state index is -0.523. The molecule has 0 aliphatic carbocycles. The molecule has 118 valence electrons. The number of carbonyl (C=O) groups is 1. The molecule has 2 aromatic rings. The van der Waals surface area contributed by atoms with Gasteiger partial charge in [-0.05, 0) is 32.2 Å². The van der Waals surface area contributed by atoms with Gasteiger partial charge in [0.15, 0.2) is 6.61 Å². The summed E-state index contributed by atoms with van der Waals surface area (Å²) in [7, 11) is 1.96. The van der Waals surface area contributed by atoms with E-state index in [4.69, 9.17) is 26.6 Å². The molecule has 0 saturated carbocycles. The van der Waals surface area contributed by atoms with E-state index in [1.807, 2.05) is 26.1 Å². The molecule has 0 aliphatic heterocycles. The van der Waals surface area contributed by atoms with Crippen LogP contribution in [0.25, 0.3) is 0 Å². The molecule has 0 fully saturated rings. The minimum absolute atomic E-state index is 0.0572. The Bertz CT molecular complexity index is 631. The Kier molecular flexibility index (Phi) is 5.41. The number of aromatic nitrogens is 1. The first-order valence-electron chi connectivity index (χ1n) is 6.77. The van der Waals surface area contributed by atoms with Gasteiger partial charge in [-0.1, -0.05) is 16.8 Å². The zero-order valence-electron chi connectivity index (χ0n) is 12.5. The molecule has 2 N–H and O–H groups in total. The van der Waals surface area contributed by atoms with Gasteiger partial charge in [0, 0.05) is 23.2 Å². The number of primary amides is 1. The lowest BCUT2D eigenvalue weighted by atomic mass is 10.1. The topological polar surface area (TPSA) is 81.6 Å². The molecule has 7 heteroatoms. The standard InChI is InChI=1S/C15H18ClN3O3/c1-10(13-5-6-22-18-13)19(2)8-11-7-12(16)3-4-14(11)21-9-15(17)20/h3-7,10H,8-9H2,1-2H3,(H2,17,20)/t10-/m1/s1. The zero-order chi connectivity index (χ0) is 16.1. The van der Waals surface area contributed by atoms with Crippen LogP contribution in [0.1, 0.15) is 24.2 Å². The number of hydrogen-bond donors (Lipinski definition) is 1. The zero-order valence-corrected chi connectivity index (χ0v) is 13.2. The molecular weight excluding hydrogens is 306 g/mol. The number of carbonyl (C=O) groups excluding carboxylic acids is 1. The first kappa shape index (κ1) is 16.3. The van der Waals surface area contributed by atoms with Crippen molar-refractivity contribution in [3.63, 3.8) is 0 Å². The first-order valence-corrected chi connectivity index (χ1v) is 7.15. The summed E-state index contributed by atoms with van der Waals surface area (Å²) < 4.78 is 10.3. The summed E-state index contributed by atoms with van der Waals surface area (Å²) in [5.74, 6) is 0.0626. The molecule has 0 saturated heterocycles. The first-order chi connectivity index (χ1) is 10.5. The maximum absolute atomic E-state index is 10.9. The molecule has 1 aromatic heterocycles. The van der Waals surface area contributed by atoms with Gasteiger partial charge in [-0.25, -0.2) is 0 Å². The molecule has 0 spiro atoms. The van der Waals surface area contributed by atoms with Crippen molar-refractivity contribution in [3.8, 4) is 5.75 Å². The second-order valence-corrected chi connectivity index (χ2v) is 5.46. The van der Waals surface area contributed by atoms with Gasteiger partial charge in [0.1, 0.15) is 17.7 Å². The Morgan fingerprint density at radius 2 is 2.27 bits per heavy atom. The maximum atomic E-state index is 10.9. The fourth-order valence-electron chi connectivity index (χ4n) is 2.03. The molecule has 0 unspecified atom stereocenters. The Morgan fingerprint density at radius 1 is 1.50 bits per heavy atom. The minimum Gasteiger partial charge on any atom is -0.483 e. The van der Waals surface area contributed by atoms with Gasteiger partial charge in [0.2, 0.25) is 0 Å². The largest absolute Gasteiger partial charge is 0.483 e. The van der Waals surface area contributed by atoms with Crippen molar-refractivity contribution in [1.82, 2.24) is 10.1 Å². The van der Waals surface area contributed by atoms with Crippen LogP contribution in [0, 0.1) is 0 Å². The second kappa shape index (κ2) is 7.29. The van der Waals surface area contributed by atoms with Crippen LogP contribution in [0.3, 0.4) is 0 Å². The smallest absolute Gasteiger partial charge is 0.255 e. The molecule has 6 nitrogen and oxygen atoms in total. The molecule has 0 aliphatic rings. The molecule has 0 radical (unpaired) electrons. The predicted molar refractivity (Wildman–Crippen MR) is 82.5 cm³/mol. The SMILES string of the molecule is C[C@H](c1ccon1)N(C)Cc1cc(Cl)ccc1OCC(N)=O. The van der Waals surface area contributed by atoms with Gasteiger partial charge in [-0.3, -0.25) is 9.69 Å². The highest BCUT2D eigenvalue weighted by atomic mass is 35.5. The van der Waals surface area contributed by atoms with Crippen LogP contribution in [-0.4, -0.2) is 29.6 Å². The Morgan fingerprint density at radius 3 is 2.91 bits per heavy atom. The number of nitrogens with zero attached hydrogens (tertiary/aromatic N) is 2. The number of rotatable bonds is 7. The van der Waals surface area contributed by atoms with E-state index >= 15 is 0 Å². The van der Waals surface area contributed by atoms with E-state index < -0.39 is 5.91 Å². The fraction of sp³-hybridized carbons (Fsp3) is 0.333. The lowest BCUT2D eigenvalue weighted by Gasteiger charge is -2.24. The molecule has 0 bridgehead atoms.